The van der Waals surface area contributed by atoms with Gasteiger partial charge in [-0.1, -0.05) is 19.1 Å². The highest BCUT2D eigenvalue weighted by Gasteiger charge is 2.38. The summed E-state index contributed by atoms with van der Waals surface area (Å²) >= 11 is 0. The first-order chi connectivity index (χ1) is 20.2. The molecule has 1 saturated heterocycles. The van der Waals surface area contributed by atoms with Gasteiger partial charge in [0.1, 0.15) is 11.5 Å². The molecular weight excluding hydrogens is 562 g/mol. The maximum absolute atomic E-state index is 13.4. The highest BCUT2D eigenvalue weighted by molar-refractivity contribution is 7.92. The lowest BCUT2D eigenvalue weighted by molar-refractivity contribution is 0.0519. The highest BCUT2D eigenvalue weighted by atomic mass is 32.2. The molecule has 3 heterocycles. The Bertz CT molecular complexity index is 1570. The summed E-state index contributed by atoms with van der Waals surface area (Å²) in [7, 11) is -4.16. The number of aromatic amines is 1. The average molecular weight is 600 g/mol. The van der Waals surface area contributed by atoms with Crippen LogP contribution in [0.2, 0.25) is 0 Å². The molecule has 3 aromatic rings. The van der Waals surface area contributed by atoms with E-state index in [9.17, 15) is 23.1 Å². The molecule has 0 amide bonds. The number of aromatic hydroxyl groups is 1. The quantitative estimate of drug-likeness (QED) is 0.246. The molecule has 2 fully saturated rings. The third-order valence-corrected chi connectivity index (χ3v) is 9.26. The molecule has 2 unspecified atom stereocenters. The van der Waals surface area contributed by atoms with Gasteiger partial charge in [0.05, 0.1) is 12.2 Å². The van der Waals surface area contributed by atoms with Gasteiger partial charge in [-0.3, -0.25) is 4.72 Å². The van der Waals surface area contributed by atoms with Gasteiger partial charge >= 0.3 is 11.6 Å². The van der Waals surface area contributed by atoms with Crippen molar-refractivity contribution in [2.24, 2.45) is 11.8 Å². The number of hydrogen-bond acceptors (Lipinski definition) is 9. The average Bonchev–Trinajstić information content (AvgIpc) is 3.66. The normalized spacial score (nSPS) is 17.5. The summed E-state index contributed by atoms with van der Waals surface area (Å²) in [6.45, 7) is 5.30. The Kier molecular flexibility index (Phi) is 9.02. The van der Waals surface area contributed by atoms with Gasteiger partial charge in [-0.2, -0.15) is 8.42 Å². The van der Waals surface area contributed by atoms with E-state index in [2.05, 4.69) is 21.6 Å². The zero-order valence-electron chi connectivity index (χ0n) is 23.8. The Morgan fingerprint density at radius 1 is 1.19 bits per heavy atom. The van der Waals surface area contributed by atoms with E-state index in [1.54, 1.807) is 37.3 Å². The van der Waals surface area contributed by atoms with E-state index < -0.39 is 32.7 Å². The van der Waals surface area contributed by atoms with Gasteiger partial charge in [0, 0.05) is 43.0 Å². The molecular formula is C30H37N3O8S. The summed E-state index contributed by atoms with van der Waals surface area (Å²) in [5.74, 6) is -0.192. The Hall–Kier alpha value is -3.64. The molecule has 1 aliphatic carbocycles. The number of ether oxygens (including phenoxy) is 2. The summed E-state index contributed by atoms with van der Waals surface area (Å²) in [5.41, 5.74) is 0.389. The van der Waals surface area contributed by atoms with Gasteiger partial charge in [-0.25, -0.2) is 14.6 Å². The van der Waals surface area contributed by atoms with Crippen molar-refractivity contribution in [3.8, 4) is 5.75 Å². The van der Waals surface area contributed by atoms with Crippen molar-refractivity contribution < 1.29 is 32.2 Å². The summed E-state index contributed by atoms with van der Waals surface area (Å²) in [6, 6.07) is 8.29. The molecule has 1 aliphatic heterocycles. The minimum Gasteiger partial charge on any atom is -0.507 e. The van der Waals surface area contributed by atoms with Crippen LogP contribution in [0.25, 0.3) is 0 Å². The van der Waals surface area contributed by atoms with Crippen molar-refractivity contribution >= 4 is 21.7 Å². The van der Waals surface area contributed by atoms with Gasteiger partial charge in [-0.05, 0) is 75.0 Å². The zero-order chi connectivity index (χ0) is 29.9. The topological polar surface area (TPSA) is 161 Å². The second kappa shape index (κ2) is 12.7. The van der Waals surface area contributed by atoms with E-state index in [0.717, 1.165) is 51.7 Å². The van der Waals surface area contributed by atoms with E-state index in [-0.39, 0.29) is 41.1 Å². The molecule has 2 atom stereocenters. The van der Waals surface area contributed by atoms with E-state index in [1.165, 1.54) is 6.20 Å². The maximum Gasteiger partial charge on any atom is 0.358 e. The Balaban J connectivity index is 1.39. The fraction of sp³-hybridized carbons (Fsp3) is 0.500. The fourth-order valence-electron chi connectivity index (χ4n) is 5.72. The Morgan fingerprint density at radius 2 is 1.95 bits per heavy atom. The lowest BCUT2D eigenvalue weighted by Gasteiger charge is -2.26. The number of nitrogens with one attached hydrogen (secondary N) is 2. The number of nitrogens with zero attached hydrogens (tertiary/aromatic N) is 1. The van der Waals surface area contributed by atoms with Crippen molar-refractivity contribution in [1.82, 2.24) is 9.97 Å². The minimum absolute atomic E-state index is 0.0174. The molecule has 0 spiro atoms. The van der Waals surface area contributed by atoms with Crippen LogP contribution in [0, 0.1) is 11.8 Å². The van der Waals surface area contributed by atoms with Crippen LogP contribution in [0.3, 0.4) is 0 Å². The first kappa shape index (κ1) is 29.8. The zero-order valence-corrected chi connectivity index (χ0v) is 24.6. The fourth-order valence-corrected chi connectivity index (χ4v) is 6.69. The van der Waals surface area contributed by atoms with E-state index in [0.29, 0.717) is 17.2 Å². The lowest BCUT2D eigenvalue weighted by atomic mass is 9.84. The number of imidazole rings is 1. The van der Waals surface area contributed by atoms with Crippen molar-refractivity contribution in [2.75, 3.05) is 24.5 Å². The monoisotopic (exact) mass is 599 g/mol. The molecule has 0 radical (unpaired) electrons. The van der Waals surface area contributed by atoms with Crippen molar-refractivity contribution in [2.45, 2.75) is 69.4 Å². The van der Waals surface area contributed by atoms with Gasteiger partial charge in [0.25, 0.3) is 10.0 Å². The largest absolute Gasteiger partial charge is 0.507 e. The highest BCUT2D eigenvalue weighted by Crippen LogP contribution is 2.48. The molecule has 5 rings (SSSR count). The van der Waals surface area contributed by atoms with Crippen molar-refractivity contribution in [3.63, 3.8) is 0 Å². The third kappa shape index (κ3) is 6.70. The SMILES string of the molecule is CCOC(=O)c1c[nH]c(S(=O)(=O)Nc2cccc(C(c3c(O)cc(C(CC)CC4CCOCC4)oc3=O)C3CC3)c2)n1. The number of esters is 1. The van der Waals surface area contributed by atoms with Gasteiger partial charge in [0.2, 0.25) is 5.16 Å². The number of carbonyl (C=O) groups excluding carboxylic acids is 1. The summed E-state index contributed by atoms with van der Waals surface area (Å²) < 4.78 is 44.7. The summed E-state index contributed by atoms with van der Waals surface area (Å²) in [4.78, 5) is 31.7. The van der Waals surface area contributed by atoms with Crippen LogP contribution in [-0.2, 0) is 19.5 Å². The first-order valence-corrected chi connectivity index (χ1v) is 16.0. The number of anilines is 1. The predicted molar refractivity (Wildman–Crippen MR) is 154 cm³/mol. The van der Waals surface area contributed by atoms with Crippen LogP contribution in [0.15, 0.2) is 50.9 Å². The molecule has 2 aromatic heterocycles. The van der Waals surface area contributed by atoms with Gasteiger partial charge in [-0.15, -0.1) is 0 Å². The Morgan fingerprint density at radius 3 is 2.62 bits per heavy atom. The third-order valence-electron chi connectivity index (χ3n) is 8.04. The molecule has 226 valence electrons. The molecule has 1 aromatic carbocycles. The maximum atomic E-state index is 13.4. The van der Waals surface area contributed by atoms with Crippen LogP contribution >= 0.6 is 0 Å². The van der Waals surface area contributed by atoms with Crippen molar-refractivity contribution in [3.05, 3.63) is 69.5 Å². The second-order valence-corrected chi connectivity index (χ2v) is 12.6. The van der Waals surface area contributed by atoms with E-state index >= 15 is 0 Å². The number of H-pyrrole nitrogens is 1. The molecule has 42 heavy (non-hydrogen) atoms. The van der Waals surface area contributed by atoms with E-state index in [1.807, 2.05) is 0 Å². The number of hydrogen-bond donors (Lipinski definition) is 3. The summed E-state index contributed by atoms with van der Waals surface area (Å²) in [6.07, 6.45) is 6.50. The van der Waals surface area contributed by atoms with E-state index in [4.69, 9.17) is 13.9 Å². The van der Waals surface area contributed by atoms with Crippen molar-refractivity contribution in [1.29, 1.82) is 0 Å². The number of aromatic nitrogens is 2. The van der Waals surface area contributed by atoms with Gasteiger partial charge < -0.3 is 24.0 Å². The molecule has 2 aliphatic rings. The van der Waals surface area contributed by atoms with Crippen LogP contribution in [0.5, 0.6) is 5.75 Å². The first-order valence-electron chi connectivity index (χ1n) is 14.5. The molecule has 0 bridgehead atoms. The minimum atomic E-state index is -4.16. The molecule has 12 heteroatoms. The van der Waals surface area contributed by atoms with Crippen LogP contribution < -0.4 is 10.3 Å². The standard InChI is InChI=1S/C30H37N3O8S/c1-3-19(14-18-10-12-39-13-11-18)25-16-24(34)27(29(36)41-25)26(20-8-9-20)21-6-5-7-22(15-21)33-42(37,38)30-31-17-23(32-30)28(35)40-4-2/h5-7,15-20,26,33-34H,3-4,8-14H2,1-2H3,(H,31,32). The molecule has 3 N–H and O–H groups in total. The van der Waals surface area contributed by atoms with Crippen LogP contribution in [0.4, 0.5) is 5.69 Å². The number of benzene rings is 1. The summed E-state index contributed by atoms with van der Waals surface area (Å²) in [5, 5.41) is 10.7. The predicted octanol–water partition coefficient (Wildman–Crippen LogP) is 4.90. The molecule has 1 saturated carbocycles. The molecule has 11 nitrogen and oxygen atoms in total. The number of sulfonamides is 1. The van der Waals surface area contributed by atoms with Crippen LogP contribution in [-0.4, -0.2) is 49.3 Å². The number of carbonyl (C=O) groups is 1. The van der Waals surface area contributed by atoms with Crippen LogP contribution in [0.1, 0.15) is 91.6 Å². The lowest BCUT2D eigenvalue weighted by Crippen LogP contribution is -2.20. The smallest absolute Gasteiger partial charge is 0.358 e. The number of rotatable bonds is 12. The Labute approximate surface area is 244 Å². The van der Waals surface area contributed by atoms with Gasteiger partial charge in [0.15, 0.2) is 5.69 Å². The second-order valence-electron chi connectivity index (χ2n) is 11.0.